The molecular formula is C8H20Cl2N2O2. The maximum Gasteiger partial charge on any atom is 0.0691 e. The largest absolute Gasteiger partial charge is 0.392 e. The second kappa shape index (κ2) is 7.68. The fraction of sp³-hybridized carbons (Fsp3) is 1.00. The Hall–Kier alpha value is 0.420. The SMILES string of the molecule is Cl.Cl.N[C@@H]1CC[C@@H]1O.N[C@H]1CC[C@H]1O. The third-order valence-corrected chi connectivity index (χ3v) is 2.58. The average molecular weight is 247 g/mol. The summed E-state index contributed by atoms with van der Waals surface area (Å²) in [7, 11) is 0. The van der Waals surface area contributed by atoms with Crippen molar-refractivity contribution in [3.63, 3.8) is 0 Å². The monoisotopic (exact) mass is 246 g/mol. The maximum absolute atomic E-state index is 8.59. The van der Waals surface area contributed by atoms with Gasteiger partial charge in [-0.1, -0.05) is 0 Å². The van der Waals surface area contributed by atoms with E-state index in [-0.39, 0.29) is 49.1 Å². The molecule has 0 aromatic rings. The number of aliphatic hydroxyl groups is 2. The Bertz CT molecular complexity index is 119. The molecule has 0 heterocycles. The van der Waals surface area contributed by atoms with Crippen LogP contribution in [0.4, 0.5) is 0 Å². The van der Waals surface area contributed by atoms with Gasteiger partial charge in [0.25, 0.3) is 0 Å². The van der Waals surface area contributed by atoms with Crippen LogP contribution >= 0.6 is 24.8 Å². The highest BCUT2D eigenvalue weighted by molar-refractivity contribution is 5.85. The second-order valence-corrected chi connectivity index (χ2v) is 3.62. The van der Waals surface area contributed by atoms with Gasteiger partial charge in [-0.2, -0.15) is 0 Å². The zero-order valence-electron chi connectivity index (χ0n) is 8.00. The topological polar surface area (TPSA) is 92.5 Å². The van der Waals surface area contributed by atoms with Crippen molar-refractivity contribution in [2.45, 2.75) is 50.0 Å². The molecule has 2 rings (SSSR count). The molecule has 2 aliphatic carbocycles. The molecule has 88 valence electrons. The second-order valence-electron chi connectivity index (χ2n) is 3.62. The van der Waals surface area contributed by atoms with Crippen LogP contribution in [-0.2, 0) is 0 Å². The third kappa shape index (κ3) is 4.77. The Kier molecular flexibility index (Phi) is 9.23. The molecule has 0 unspecified atom stereocenters. The van der Waals surface area contributed by atoms with E-state index in [0.717, 1.165) is 25.7 Å². The smallest absolute Gasteiger partial charge is 0.0691 e. The number of aliphatic hydroxyl groups excluding tert-OH is 2. The van der Waals surface area contributed by atoms with Crippen molar-refractivity contribution in [3.8, 4) is 0 Å². The molecule has 0 saturated heterocycles. The van der Waals surface area contributed by atoms with Gasteiger partial charge in [-0.25, -0.2) is 0 Å². The highest BCUT2D eigenvalue weighted by Crippen LogP contribution is 2.16. The minimum atomic E-state index is -0.190. The first-order valence-corrected chi connectivity index (χ1v) is 4.48. The molecule has 0 spiro atoms. The lowest BCUT2D eigenvalue weighted by Gasteiger charge is -2.27. The van der Waals surface area contributed by atoms with Gasteiger partial charge >= 0.3 is 0 Å². The van der Waals surface area contributed by atoms with Gasteiger partial charge in [0, 0.05) is 12.1 Å². The number of rotatable bonds is 0. The van der Waals surface area contributed by atoms with E-state index in [0.29, 0.717) is 0 Å². The van der Waals surface area contributed by atoms with Crippen LogP contribution < -0.4 is 11.5 Å². The van der Waals surface area contributed by atoms with Gasteiger partial charge in [0.1, 0.15) is 0 Å². The Morgan fingerprint density at radius 2 is 0.929 bits per heavy atom. The van der Waals surface area contributed by atoms with Crippen LogP contribution in [0.15, 0.2) is 0 Å². The van der Waals surface area contributed by atoms with Gasteiger partial charge < -0.3 is 21.7 Å². The van der Waals surface area contributed by atoms with E-state index in [2.05, 4.69) is 0 Å². The Morgan fingerprint density at radius 3 is 0.929 bits per heavy atom. The molecule has 0 bridgehead atoms. The van der Waals surface area contributed by atoms with E-state index < -0.39 is 0 Å². The number of hydrogen-bond donors (Lipinski definition) is 4. The molecule has 0 aromatic carbocycles. The molecule has 2 saturated carbocycles. The van der Waals surface area contributed by atoms with Crippen LogP contribution in [0.5, 0.6) is 0 Å². The van der Waals surface area contributed by atoms with E-state index in [4.69, 9.17) is 21.7 Å². The van der Waals surface area contributed by atoms with E-state index in [1.54, 1.807) is 0 Å². The van der Waals surface area contributed by atoms with Gasteiger partial charge in [-0.3, -0.25) is 0 Å². The summed E-state index contributed by atoms with van der Waals surface area (Å²) in [5, 5.41) is 17.2. The van der Waals surface area contributed by atoms with Crippen molar-refractivity contribution in [1.82, 2.24) is 0 Å². The first-order chi connectivity index (χ1) is 5.61. The lowest BCUT2D eigenvalue weighted by Crippen LogP contribution is -2.43. The summed E-state index contributed by atoms with van der Waals surface area (Å²) >= 11 is 0. The predicted molar refractivity (Wildman–Crippen MR) is 60.9 cm³/mol. The van der Waals surface area contributed by atoms with Crippen molar-refractivity contribution in [3.05, 3.63) is 0 Å². The van der Waals surface area contributed by atoms with Crippen molar-refractivity contribution in [2.75, 3.05) is 0 Å². The Labute approximate surface area is 96.9 Å². The Balaban J connectivity index is 0. The summed E-state index contributed by atoms with van der Waals surface area (Å²) in [5.41, 5.74) is 10.5. The molecule has 6 heteroatoms. The predicted octanol–water partition coefficient (Wildman–Crippen LogP) is -0.220. The van der Waals surface area contributed by atoms with Crippen molar-refractivity contribution < 1.29 is 10.2 Å². The molecular weight excluding hydrogens is 227 g/mol. The highest BCUT2D eigenvalue weighted by Gasteiger charge is 2.24. The van der Waals surface area contributed by atoms with E-state index in [1.165, 1.54) is 0 Å². The van der Waals surface area contributed by atoms with Crippen LogP contribution in [0.1, 0.15) is 25.7 Å². The van der Waals surface area contributed by atoms with Crippen molar-refractivity contribution in [2.24, 2.45) is 11.5 Å². The molecule has 4 atom stereocenters. The number of nitrogens with two attached hydrogens (primary N) is 2. The zero-order valence-corrected chi connectivity index (χ0v) is 9.64. The highest BCUT2D eigenvalue weighted by atomic mass is 35.5. The molecule has 0 aliphatic heterocycles. The van der Waals surface area contributed by atoms with Crippen molar-refractivity contribution >= 4 is 24.8 Å². The number of halogens is 2. The Morgan fingerprint density at radius 1 is 0.714 bits per heavy atom. The molecule has 4 nitrogen and oxygen atoms in total. The quantitative estimate of drug-likeness (QED) is 0.476. The van der Waals surface area contributed by atoms with E-state index in [1.807, 2.05) is 0 Å². The third-order valence-electron chi connectivity index (χ3n) is 2.58. The minimum Gasteiger partial charge on any atom is -0.392 e. The summed E-state index contributed by atoms with van der Waals surface area (Å²) < 4.78 is 0. The molecule has 0 radical (unpaired) electrons. The summed E-state index contributed by atoms with van der Waals surface area (Å²) in [6.07, 6.45) is 3.43. The van der Waals surface area contributed by atoms with Crippen LogP contribution in [0.25, 0.3) is 0 Å². The standard InChI is InChI=1S/2C4H9NO.2ClH/c2*5-3-1-2-4(3)6;;/h2*3-4,6H,1-2,5H2;2*1H/t2*3-,4+;;/m10../s1. The first kappa shape index (κ1) is 16.8. The fourth-order valence-electron chi connectivity index (χ4n) is 1.02. The average Bonchev–Trinajstić information content (AvgIpc) is 2.12. The summed E-state index contributed by atoms with van der Waals surface area (Å²) in [5.74, 6) is 0. The first-order valence-electron chi connectivity index (χ1n) is 4.48. The van der Waals surface area contributed by atoms with Gasteiger partial charge in [0.05, 0.1) is 12.2 Å². The van der Waals surface area contributed by atoms with Gasteiger partial charge in [-0.15, -0.1) is 24.8 Å². The normalized spacial score (nSPS) is 38.6. The van der Waals surface area contributed by atoms with E-state index >= 15 is 0 Å². The summed E-state index contributed by atoms with van der Waals surface area (Å²) in [6, 6.07) is 0.176. The molecule has 14 heavy (non-hydrogen) atoms. The van der Waals surface area contributed by atoms with Crippen molar-refractivity contribution in [1.29, 1.82) is 0 Å². The molecule has 0 aromatic heterocycles. The van der Waals surface area contributed by atoms with Gasteiger partial charge in [-0.05, 0) is 25.7 Å². The lowest BCUT2D eigenvalue weighted by atomic mass is 9.90. The van der Waals surface area contributed by atoms with Crippen LogP contribution in [0.3, 0.4) is 0 Å². The van der Waals surface area contributed by atoms with Crippen LogP contribution in [0.2, 0.25) is 0 Å². The molecule has 2 fully saturated rings. The number of hydrogen-bond acceptors (Lipinski definition) is 4. The molecule has 6 N–H and O–H groups in total. The fourth-order valence-corrected chi connectivity index (χ4v) is 1.02. The molecule has 0 amide bonds. The lowest BCUT2D eigenvalue weighted by molar-refractivity contribution is 0.0691. The van der Waals surface area contributed by atoms with Gasteiger partial charge in [0.15, 0.2) is 0 Å². The maximum atomic E-state index is 8.59. The van der Waals surface area contributed by atoms with Gasteiger partial charge in [0.2, 0.25) is 0 Å². The summed E-state index contributed by atoms with van der Waals surface area (Å²) in [6.45, 7) is 0. The zero-order chi connectivity index (χ0) is 9.14. The van der Waals surface area contributed by atoms with Crippen LogP contribution in [0, 0.1) is 0 Å². The summed E-state index contributed by atoms with van der Waals surface area (Å²) in [4.78, 5) is 0. The van der Waals surface area contributed by atoms with Crippen LogP contribution in [-0.4, -0.2) is 34.5 Å². The van der Waals surface area contributed by atoms with E-state index in [9.17, 15) is 0 Å². The minimum absolute atomic E-state index is 0. The molecule has 2 aliphatic rings.